The van der Waals surface area contributed by atoms with Crippen molar-refractivity contribution < 1.29 is 4.79 Å². The van der Waals surface area contributed by atoms with E-state index in [0.717, 1.165) is 25.9 Å². The Morgan fingerprint density at radius 3 is 2.67 bits per heavy atom. The molecule has 0 spiro atoms. The first-order valence-electron chi connectivity index (χ1n) is 6.79. The molecule has 0 bridgehead atoms. The minimum Gasteiger partial charge on any atom is -0.317 e. The molecule has 2 aliphatic rings. The first kappa shape index (κ1) is 11.7. The number of hydrogen-bond donors (Lipinski definition) is 1. The topological polar surface area (TPSA) is 32.3 Å². The van der Waals surface area contributed by atoms with Crippen LogP contribution >= 0.6 is 0 Å². The van der Waals surface area contributed by atoms with Gasteiger partial charge in [0.25, 0.3) is 0 Å². The number of anilines is 1. The number of piperidine rings is 1. The Morgan fingerprint density at radius 1 is 1.22 bits per heavy atom. The Hall–Kier alpha value is -1.35. The summed E-state index contributed by atoms with van der Waals surface area (Å²) in [6.45, 7) is 6.27. The summed E-state index contributed by atoms with van der Waals surface area (Å²) in [5.41, 5.74) is 4.91. The molecule has 0 aromatic heterocycles. The van der Waals surface area contributed by atoms with E-state index >= 15 is 0 Å². The fourth-order valence-corrected chi connectivity index (χ4v) is 3.35. The van der Waals surface area contributed by atoms with Crippen molar-refractivity contribution in [2.24, 2.45) is 0 Å². The van der Waals surface area contributed by atoms with Gasteiger partial charge in [-0.15, -0.1) is 0 Å². The van der Waals surface area contributed by atoms with Gasteiger partial charge < -0.3 is 10.2 Å². The lowest BCUT2D eigenvalue weighted by atomic mass is 10.0. The predicted octanol–water partition coefficient (Wildman–Crippen LogP) is 1.94. The molecule has 1 aromatic rings. The summed E-state index contributed by atoms with van der Waals surface area (Å²) in [4.78, 5) is 14.4. The molecule has 18 heavy (non-hydrogen) atoms. The second-order valence-corrected chi connectivity index (χ2v) is 5.51. The first-order valence-corrected chi connectivity index (χ1v) is 6.79. The average molecular weight is 244 g/mol. The van der Waals surface area contributed by atoms with Gasteiger partial charge in [0.2, 0.25) is 5.91 Å². The zero-order chi connectivity index (χ0) is 12.7. The summed E-state index contributed by atoms with van der Waals surface area (Å²) in [5.74, 6) is 0.283. The van der Waals surface area contributed by atoms with Crippen molar-refractivity contribution in [2.45, 2.75) is 39.2 Å². The molecule has 0 saturated carbocycles. The smallest absolute Gasteiger partial charge is 0.231 e. The van der Waals surface area contributed by atoms with Crippen LogP contribution in [-0.4, -0.2) is 25.0 Å². The van der Waals surface area contributed by atoms with Gasteiger partial charge in [0.15, 0.2) is 0 Å². The summed E-state index contributed by atoms with van der Waals surface area (Å²) < 4.78 is 0. The van der Waals surface area contributed by atoms with Crippen molar-refractivity contribution in [3.05, 3.63) is 28.8 Å². The van der Waals surface area contributed by atoms with Gasteiger partial charge in [-0.1, -0.05) is 17.7 Å². The Kier molecular flexibility index (Phi) is 2.86. The van der Waals surface area contributed by atoms with Crippen LogP contribution in [0.4, 0.5) is 5.69 Å². The third kappa shape index (κ3) is 1.83. The van der Waals surface area contributed by atoms with E-state index in [1.165, 1.54) is 22.4 Å². The van der Waals surface area contributed by atoms with Gasteiger partial charge in [0.1, 0.15) is 0 Å². The Balaban J connectivity index is 2.00. The van der Waals surface area contributed by atoms with Gasteiger partial charge in [-0.25, -0.2) is 0 Å². The number of aryl methyl sites for hydroxylation is 2. The molecule has 0 radical (unpaired) electrons. The van der Waals surface area contributed by atoms with Crippen molar-refractivity contribution in [2.75, 3.05) is 18.0 Å². The largest absolute Gasteiger partial charge is 0.317 e. The highest BCUT2D eigenvalue weighted by Gasteiger charge is 2.34. The number of amides is 1. The number of carbonyl (C=O) groups excluding carboxylic acids is 1. The maximum absolute atomic E-state index is 12.3. The minimum absolute atomic E-state index is 0.283. The lowest BCUT2D eigenvalue weighted by Gasteiger charge is -2.33. The van der Waals surface area contributed by atoms with Crippen LogP contribution < -0.4 is 10.2 Å². The SMILES string of the molecule is Cc1cc(C)c2c(c1)CC(=O)N2C1CCNCC1. The summed E-state index contributed by atoms with van der Waals surface area (Å²) in [7, 11) is 0. The van der Waals surface area contributed by atoms with E-state index in [1.54, 1.807) is 0 Å². The molecule has 3 nitrogen and oxygen atoms in total. The molecule has 3 heteroatoms. The molecule has 1 aromatic carbocycles. The van der Waals surface area contributed by atoms with Crippen LogP contribution in [0.5, 0.6) is 0 Å². The van der Waals surface area contributed by atoms with Gasteiger partial charge >= 0.3 is 0 Å². The second-order valence-electron chi connectivity index (χ2n) is 5.51. The highest BCUT2D eigenvalue weighted by molar-refractivity contribution is 6.02. The van der Waals surface area contributed by atoms with Crippen molar-refractivity contribution in [3.63, 3.8) is 0 Å². The molecule has 96 valence electrons. The first-order chi connectivity index (χ1) is 8.66. The second kappa shape index (κ2) is 4.39. The molecule has 0 atom stereocenters. The number of rotatable bonds is 1. The maximum atomic E-state index is 12.3. The molecule has 2 heterocycles. The van der Waals surface area contributed by atoms with Crippen LogP contribution in [0.15, 0.2) is 12.1 Å². The fraction of sp³-hybridized carbons (Fsp3) is 0.533. The zero-order valence-electron chi connectivity index (χ0n) is 11.1. The van der Waals surface area contributed by atoms with Crippen molar-refractivity contribution in [3.8, 4) is 0 Å². The average Bonchev–Trinajstić information content (AvgIpc) is 2.66. The van der Waals surface area contributed by atoms with Crippen LogP contribution in [0.1, 0.15) is 29.5 Å². The van der Waals surface area contributed by atoms with E-state index in [1.807, 2.05) is 0 Å². The van der Waals surface area contributed by atoms with E-state index in [-0.39, 0.29) is 5.91 Å². The number of nitrogens with zero attached hydrogens (tertiary/aromatic N) is 1. The quantitative estimate of drug-likeness (QED) is 0.819. The number of nitrogens with one attached hydrogen (secondary N) is 1. The third-order valence-electron chi connectivity index (χ3n) is 4.05. The van der Waals surface area contributed by atoms with Crippen LogP contribution in [0.2, 0.25) is 0 Å². The molecule has 1 amide bonds. The molecule has 1 fully saturated rings. The van der Waals surface area contributed by atoms with E-state index in [0.29, 0.717) is 12.5 Å². The Labute approximate surface area is 108 Å². The molecule has 1 N–H and O–H groups in total. The summed E-state index contributed by atoms with van der Waals surface area (Å²) >= 11 is 0. The molecular weight excluding hydrogens is 224 g/mol. The Bertz CT molecular complexity index is 490. The summed E-state index contributed by atoms with van der Waals surface area (Å²) in [5, 5.41) is 3.36. The van der Waals surface area contributed by atoms with Crippen molar-refractivity contribution >= 4 is 11.6 Å². The number of benzene rings is 1. The summed E-state index contributed by atoms with van der Waals surface area (Å²) in [6, 6.07) is 4.74. The lowest BCUT2D eigenvalue weighted by Crippen LogP contribution is -2.45. The standard InChI is InChI=1S/C15H20N2O/c1-10-7-11(2)15-12(8-10)9-14(18)17(15)13-3-5-16-6-4-13/h7-8,13,16H,3-6,9H2,1-2H3. The number of hydrogen-bond acceptors (Lipinski definition) is 2. The van der Waals surface area contributed by atoms with Crippen molar-refractivity contribution in [1.29, 1.82) is 0 Å². The molecule has 2 aliphatic heterocycles. The van der Waals surface area contributed by atoms with Crippen LogP contribution in [0.25, 0.3) is 0 Å². The molecule has 1 saturated heterocycles. The highest BCUT2D eigenvalue weighted by Crippen LogP contribution is 2.36. The monoisotopic (exact) mass is 244 g/mol. The van der Waals surface area contributed by atoms with Gasteiger partial charge in [-0.3, -0.25) is 4.79 Å². The van der Waals surface area contributed by atoms with Gasteiger partial charge in [0, 0.05) is 6.04 Å². The van der Waals surface area contributed by atoms with Crippen LogP contribution in [0.3, 0.4) is 0 Å². The van der Waals surface area contributed by atoms with Gasteiger partial charge in [0.05, 0.1) is 12.1 Å². The van der Waals surface area contributed by atoms with Crippen molar-refractivity contribution in [1.82, 2.24) is 5.32 Å². The number of carbonyl (C=O) groups is 1. The predicted molar refractivity (Wildman–Crippen MR) is 73.0 cm³/mol. The van der Waals surface area contributed by atoms with Gasteiger partial charge in [-0.05, 0) is 50.9 Å². The normalized spacial score (nSPS) is 20.3. The van der Waals surface area contributed by atoms with E-state index in [4.69, 9.17) is 0 Å². The van der Waals surface area contributed by atoms with E-state index in [2.05, 4.69) is 36.2 Å². The third-order valence-corrected chi connectivity index (χ3v) is 4.05. The zero-order valence-corrected chi connectivity index (χ0v) is 11.1. The Morgan fingerprint density at radius 2 is 1.94 bits per heavy atom. The van der Waals surface area contributed by atoms with Crippen LogP contribution in [0, 0.1) is 13.8 Å². The molecule has 0 unspecified atom stereocenters. The van der Waals surface area contributed by atoms with Gasteiger partial charge in [-0.2, -0.15) is 0 Å². The van der Waals surface area contributed by atoms with Crippen LogP contribution in [-0.2, 0) is 11.2 Å². The van der Waals surface area contributed by atoms with E-state index < -0.39 is 0 Å². The number of fused-ring (bicyclic) bond motifs is 1. The minimum atomic E-state index is 0.283. The molecule has 0 aliphatic carbocycles. The molecular formula is C15H20N2O. The molecule has 3 rings (SSSR count). The lowest BCUT2D eigenvalue weighted by molar-refractivity contribution is -0.117. The maximum Gasteiger partial charge on any atom is 0.231 e. The fourth-order valence-electron chi connectivity index (χ4n) is 3.35. The van der Waals surface area contributed by atoms with E-state index in [9.17, 15) is 4.79 Å². The summed E-state index contributed by atoms with van der Waals surface area (Å²) in [6.07, 6.45) is 2.72. The highest BCUT2D eigenvalue weighted by atomic mass is 16.2.